The fraction of sp³-hybridized carbons (Fsp3) is 0.611. The molecule has 3 rings (SSSR count). The quantitative estimate of drug-likeness (QED) is 0.802. The van der Waals surface area contributed by atoms with Crippen molar-refractivity contribution in [3.05, 3.63) is 29.8 Å². The highest BCUT2D eigenvalue weighted by molar-refractivity contribution is 7.89. The van der Waals surface area contributed by atoms with Crippen molar-refractivity contribution in [3.63, 3.8) is 0 Å². The van der Waals surface area contributed by atoms with E-state index in [4.69, 9.17) is 4.74 Å². The third-order valence-electron chi connectivity index (χ3n) is 4.98. The van der Waals surface area contributed by atoms with Crippen LogP contribution in [0.15, 0.2) is 29.2 Å². The number of morpholine rings is 1. The van der Waals surface area contributed by atoms with Gasteiger partial charge in [0.1, 0.15) is 0 Å². The summed E-state index contributed by atoms with van der Waals surface area (Å²) >= 11 is 0. The van der Waals surface area contributed by atoms with E-state index in [0.29, 0.717) is 44.0 Å². The summed E-state index contributed by atoms with van der Waals surface area (Å²) in [6.07, 6.45) is 1.06. The molecule has 144 valence electrons. The Morgan fingerprint density at radius 3 is 2.54 bits per heavy atom. The van der Waals surface area contributed by atoms with Crippen molar-refractivity contribution in [1.82, 2.24) is 14.5 Å². The normalized spacial score (nSPS) is 22.3. The molecular formula is C18H27N3O4S. The number of hydrogen-bond donors (Lipinski definition) is 1. The highest BCUT2D eigenvalue weighted by atomic mass is 32.2. The van der Waals surface area contributed by atoms with Crippen LogP contribution in [-0.4, -0.2) is 75.5 Å². The number of nitrogens with one attached hydrogen (secondary N) is 1. The summed E-state index contributed by atoms with van der Waals surface area (Å²) in [5, 5.41) is 3.28. The van der Waals surface area contributed by atoms with E-state index < -0.39 is 10.0 Å². The number of rotatable bonds is 5. The molecule has 0 bridgehead atoms. The van der Waals surface area contributed by atoms with Gasteiger partial charge in [0.2, 0.25) is 15.9 Å². The molecule has 1 aromatic carbocycles. The van der Waals surface area contributed by atoms with Gasteiger partial charge in [-0.1, -0.05) is 12.1 Å². The van der Waals surface area contributed by atoms with Crippen LogP contribution in [0, 0.1) is 0 Å². The van der Waals surface area contributed by atoms with Gasteiger partial charge in [-0.05, 0) is 31.0 Å². The summed E-state index contributed by atoms with van der Waals surface area (Å²) in [6, 6.07) is 7.11. The summed E-state index contributed by atoms with van der Waals surface area (Å²) in [4.78, 5) is 14.6. The second-order valence-corrected chi connectivity index (χ2v) is 8.74. The smallest absolute Gasteiger partial charge is 0.243 e. The van der Waals surface area contributed by atoms with Crippen molar-refractivity contribution in [2.45, 2.75) is 30.7 Å². The first-order valence-electron chi connectivity index (χ1n) is 9.15. The van der Waals surface area contributed by atoms with Gasteiger partial charge in [0, 0.05) is 45.2 Å². The molecule has 1 N–H and O–H groups in total. The van der Waals surface area contributed by atoms with E-state index in [-0.39, 0.29) is 11.9 Å². The zero-order valence-electron chi connectivity index (χ0n) is 15.2. The van der Waals surface area contributed by atoms with Crippen LogP contribution in [0.2, 0.25) is 0 Å². The average molecular weight is 381 g/mol. The summed E-state index contributed by atoms with van der Waals surface area (Å²) in [6.45, 7) is 6.12. The van der Waals surface area contributed by atoms with Crippen LogP contribution in [0.4, 0.5) is 0 Å². The molecule has 1 atom stereocenters. The molecule has 26 heavy (non-hydrogen) atoms. The molecule has 2 aliphatic rings. The number of nitrogens with zero attached hydrogens (tertiary/aromatic N) is 2. The fourth-order valence-electron chi connectivity index (χ4n) is 3.37. The SMILES string of the molecule is C[C@@H]1CNCCN1C(=O)CCc1ccc(S(=O)(=O)N2CCOCC2)cc1. The van der Waals surface area contributed by atoms with Crippen molar-refractivity contribution in [2.75, 3.05) is 45.9 Å². The Bertz CT molecular complexity index is 714. The average Bonchev–Trinajstić information content (AvgIpc) is 2.67. The van der Waals surface area contributed by atoms with Gasteiger partial charge in [0.05, 0.1) is 18.1 Å². The molecule has 1 amide bonds. The molecule has 0 radical (unpaired) electrons. The van der Waals surface area contributed by atoms with Crippen molar-refractivity contribution >= 4 is 15.9 Å². The molecular weight excluding hydrogens is 354 g/mol. The van der Waals surface area contributed by atoms with E-state index in [1.165, 1.54) is 4.31 Å². The number of aryl methyl sites for hydroxylation is 1. The highest BCUT2D eigenvalue weighted by Crippen LogP contribution is 2.18. The van der Waals surface area contributed by atoms with Gasteiger partial charge in [-0.2, -0.15) is 4.31 Å². The maximum absolute atomic E-state index is 12.6. The summed E-state index contributed by atoms with van der Waals surface area (Å²) in [5.41, 5.74) is 0.974. The van der Waals surface area contributed by atoms with Gasteiger partial charge >= 0.3 is 0 Å². The van der Waals surface area contributed by atoms with Crippen LogP contribution in [-0.2, 0) is 26.0 Å². The molecule has 0 unspecified atom stereocenters. The molecule has 2 fully saturated rings. The summed E-state index contributed by atoms with van der Waals surface area (Å²) in [5.74, 6) is 0.156. The fourth-order valence-corrected chi connectivity index (χ4v) is 4.78. The number of carbonyl (C=O) groups excluding carboxylic acids is 1. The summed E-state index contributed by atoms with van der Waals surface area (Å²) in [7, 11) is -3.46. The zero-order chi connectivity index (χ0) is 18.6. The molecule has 1 aromatic rings. The molecule has 2 aliphatic heterocycles. The maximum atomic E-state index is 12.6. The number of sulfonamides is 1. The van der Waals surface area contributed by atoms with Crippen molar-refractivity contribution in [2.24, 2.45) is 0 Å². The van der Waals surface area contributed by atoms with E-state index in [0.717, 1.165) is 25.2 Å². The molecule has 2 saturated heterocycles. The van der Waals surface area contributed by atoms with E-state index in [1.54, 1.807) is 12.1 Å². The van der Waals surface area contributed by atoms with Crippen LogP contribution < -0.4 is 5.32 Å². The Labute approximate surface area is 155 Å². The van der Waals surface area contributed by atoms with Crippen molar-refractivity contribution in [3.8, 4) is 0 Å². The van der Waals surface area contributed by atoms with E-state index >= 15 is 0 Å². The third kappa shape index (κ3) is 4.43. The second kappa shape index (κ2) is 8.47. The maximum Gasteiger partial charge on any atom is 0.243 e. The van der Waals surface area contributed by atoms with Crippen LogP contribution in [0.3, 0.4) is 0 Å². The number of benzene rings is 1. The number of piperazine rings is 1. The molecule has 2 heterocycles. The number of hydrogen-bond acceptors (Lipinski definition) is 5. The molecule has 7 nitrogen and oxygen atoms in total. The zero-order valence-corrected chi connectivity index (χ0v) is 16.0. The van der Waals surface area contributed by atoms with Gasteiger partial charge in [-0.25, -0.2) is 8.42 Å². The Hall–Kier alpha value is -1.48. The Kier molecular flexibility index (Phi) is 6.29. The molecule has 0 aromatic heterocycles. The van der Waals surface area contributed by atoms with Gasteiger partial charge in [-0.3, -0.25) is 4.79 Å². The van der Waals surface area contributed by atoms with Gasteiger partial charge in [0.15, 0.2) is 0 Å². The van der Waals surface area contributed by atoms with Gasteiger partial charge < -0.3 is 15.0 Å². The number of carbonyl (C=O) groups is 1. The molecule has 8 heteroatoms. The monoisotopic (exact) mass is 381 g/mol. The van der Waals surface area contributed by atoms with Crippen LogP contribution >= 0.6 is 0 Å². The lowest BCUT2D eigenvalue weighted by Crippen LogP contribution is -2.52. The van der Waals surface area contributed by atoms with Gasteiger partial charge in [0.25, 0.3) is 0 Å². The largest absolute Gasteiger partial charge is 0.379 e. The first-order chi connectivity index (χ1) is 12.5. The lowest BCUT2D eigenvalue weighted by Gasteiger charge is -2.34. The molecule has 0 spiro atoms. The summed E-state index contributed by atoms with van der Waals surface area (Å²) < 4.78 is 31.9. The lowest BCUT2D eigenvalue weighted by molar-refractivity contribution is -0.133. The Balaban J connectivity index is 1.58. The third-order valence-corrected chi connectivity index (χ3v) is 6.89. The second-order valence-electron chi connectivity index (χ2n) is 6.80. The van der Waals surface area contributed by atoms with E-state index in [2.05, 4.69) is 12.2 Å². The minimum atomic E-state index is -3.46. The van der Waals surface area contributed by atoms with Crippen LogP contribution in [0.1, 0.15) is 18.9 Å². The van der Waals surface area contributed by atoms with Gasteiger partial charge in [-0.15, -0.1) is 0 Å². The lowest BCUT2D eigenvalue weighted by atomic mass is 10.1. The predicted octanol–water partition coefficient (Wildman–Crippen LogP) is 0.460. The standard InChI is InChI=1S/C18H27N3O4S/c1-15-14-19-8-9-21(15)18(22)7-4-16-2-5-17(6-3-16)26(23,24)20-10-12-25-13-11-20/h2-3,5-6,15,19H,4,7-14H2,1H3/t15-/m1/s1. The number of ether oxygens (including phenoxy) is 1. The van der Waals surface area contributed by atoms with E-state index in [9.17, 15) is 13.2 Å². The highest BCUT2D eigenvalue weighted by Gasteiger charge is 2.26. The topological polar surface area (TPSA) is 79.0 Å². The first kappa shape index (κ1) is 19.3. The Morgan fingerprint density at radius 1 is 1.19 bits per heavy atom. The van der Waals surface area contributed by atoms with Crippen LogP contribution in [0.5, 0.6) is 0 Å². The van der Waals surface area contributed by atoms with Crippen molar-refractivity contribution < 1.29 is 17.9 Å². The van der Waals surface area contributed by atoms with Crippen molar-refractivity contribution in [1.29, 1.82) is 0 Å². The van der Waals surface area contributed by atoms with Crippen LogP contribution in [0.25, 0.3) is 0 Å². The van der Waals surface area contributed by atoms with E-state index in [1.807, 2.05) is 17.0 Å². The molecule has 0 aliphatic carbocycles. The number of amides is 1. The predicted molar refractivity (Wildman–Crippen MR) is 98.4 cm³/mol. The minimum Gasteiger partial charge on any atom is -0.379 e. The molecule has 0 saturated carbocycles. The Morgan fingerprint density at radius 2 is 1.88 bits per heavy atom. The first-order valence-corrected chi connectivity index (χ1v) is 10.6. The minimum absolute atomic E-state index is 0.156.